The molecule has 1 radical (unpaired) electrons. The number of benzene rings is 3. The van der Waals surface area contributed by atoms with E-state index in [1.165, 1.54) is 10.6 Å². The molecule has 0 N–H and O–H groups in total. The van der Waals surface area contributed by atoms with Gasteiger partial charge in [0.15, 0.2) is 0 Å². The van der Waals surface area contributed by atoms with Gasteiger partial charge < -0.3 is 0 Å². The van der Waals surface area contributed by atoms with Crippen LogP contribution in [0.3, 0.4) is 0 Å². The maximum Gasteiger partial charge on any atom is 0.234 e. The Hall–Kier alpha value is -2.24. The first kappa shape index (κ1) is 13.7. The molecule has 0 unspecified atom stereocenters. The van der Waals surface area contributed by atoms with Crippen LogP contribution in [-0.4, -0.2) is 6.29 Å². The van der Waals surface area contributed by atoms with Crippen molar-refractivity contribution in [2.45, 2.75) is 0 Å². The fraction of sp³-hybridized carbons (Fsp3) is 0. The summed E-state index contributed by atoms with van der Waals surface area (Å²) >= 11 is 0. The molecule has 1 nitrogen and oxygen atoms in total. The lowest BCUT2D eigenvalue weighted by Crippen LogP contribution is -2.23. The first-order valence-corrected chi connectivity index (χ1v) is 8.12. The highest BCUT2D eigenvalue weighted by Gasteiger charge is 2.18. The largest absolute Gasteiger partial charge is 0.285 e. The molecular formula is C19H14OP. The van der Waals surface area contributed by atoms with Gasteiger partial charge in [-0.15, -0.1) is 0 Å². The minimum Gasteiger partial charge on any atom is -0.285 e. The molecule has 0 aliphatic heterocycles. The lowest BCUT2D eigenvalue weighted by atomic mass is 10.2. The van der Waals surface area contributed by atoms with Crippen molar-refractivity contribution in [1.29, 1.82) is 0 Å². The Balaban J connectivity index is 2.20. The van der Waals surface area contributed by atoms with Crippen LogP contribution in [0.15, 0.2) is 84.9 Å². The molecular weight excluding hydrogens is 275 g/mol. The predicted octanol–water partition coefficient (Wildman–Crippen LogP) is 2.90. The summed E-state index contributed by atoms with van der Waals surface area (Å²) in [4.78, 5) is 11.3. The summed E-state index contributed by atoms with van der Waals surface area (Å²) in [7, 11) is -0.735. The van der Waals surface area contributed by atoms with E-state index in [2.05, 4.69) is 30.6 Å². The molecule has 0 aliphatic carbocycles. The van der Waals surface area contributed by atoms with Gasteiger partial charge in [0.25, 0.3) is 0 Å². The van der Waals surface area contributed by atoms with Crippen LogP contribution in [-0.2, 0) is 4.79 Å². The van der Waals surface area contributed by atoms with Gasteiger partial charge in [0.05, 0.1) is 0 Å². The smallest absolute Gasteiger partial charge is 0.234 e. The van der Waals surface area contributed by atoms with E-state index in [1.54, 1.807) is 0 Å². The fourth-order valence-corrected chi connectivity index (χ4v) is 4.73. The van der Waals surface area contributed by atoms with Crippen molar-refractivity contribution in [1.82, 2.24) is 0 Å². The number of carbonyl (C=O) groups excluding carboxylic acids is 1. The highest BCUT2D eigenvalue weighted by atomic mass is 31.1. The third kappa shape index (κ3) is 2.94. The summed E-state index contributed by atoms with van der Waals surface area (Å²) in [5.74, 6) is 0. The molecule has 2 heteroatoms. The molecule has 0 saturated carbocycles. The monoisotopic (exact) mass is 289 g/mol. The van der Waals surface area contributed by atoms with Crippen LogP contribution in [0.25, 0.3) is 0 Å². The van der Waals surface area contributed by atoms with Crippen molar-refractivity contribution in [2.75, 3.05) is 0 Å². The minimum atomic E-state index is -0.735. The van der Waals surface area contributed by atoms with E-state index >= 15 is 0 Å². The highest BCUT2D eigenvalue weighted by Crippen LogP contribution is 2.33. The average Bonchev–Trinajstić information content (AvgIpc) is 2.58. The predicted molar refractivity (Wildman–Crippen MR) is 89.9 cm³/mol. The van der Waals surface area contributed by atoms with Crippen LogP contribution in [0.2, 0.25) is 0 Å². The maximum absolute atomic E-state index is 11.3. The van der Waals surface area contributed by atoms with Gasteiger partial charge in [-0.2, -0.15) is 0 Å². The van der Waals surface area contributed by atoms with Gasteiger partial charge in [-0.05, 0) is 23.8 Å². The van der Waals surface area contributed by atoms with Gasteiger partial charge >= 0.3 is 0 Å². The SMILES string of the molecule is O=[C]c1ccccc1P(c1ccccc1)c1ccccc1. The van der Waals surface area contributed by atoms with Gasteiger partial charge in [0, 0.05) is 5.56 Å². The highest BCUT2D eigenvalue weighted by molar-refractivity contribution is 7.80. The van der Waals surface area contributed by atoms with Crippen LogP contribution in [0.5, 0.6) is 0 Å². The van der Waals surface area contributed by atoms with Crippen molar-refractivity contribution >= 4 is 30.1 Å². The molecule has 0 aromatic heterocycles. The van der Waals surface area contributed by atoms with Gasteiger partial charge in [-0.3, -0.25) is 4.79 Å². The molecule has 0 fully saturated rings. The molecule has 0 heterocycles. The van der Waals surface area contributed by atoms with Crippen LogP contribution < -0.4 is 15.9 Å². The molecule has 3 rings (SSSR count). The molecule has 3 aromatic carbocycles. The normalized spacial score (nSPS) is 10.5. The Morgan fingerprint density at radius 3 is 1.62 bits per heavy atom. The van der Waals surface area contributed by atoms with E-state index in [1.807, 2.05) is 60.7 Å². The molecule has 3 aromatic rings. The summed E-state index contributed by atoms with van der Waals surface area (Å²) in [6, 6.07) is 28.4. The topological polar surface area (TPSA) is 17.1 Å². The molecule has 101 valence electrons. The zero-order chi connectivity index (χ0) is 14.5. The van der Waals surface area contributed by atoms with E-state index in [4.69, 9.17) is 0 Å². The van der Waals surface area contributed by atoms with E-state index in [0.717, 1.165) is 5.30 Å². The van der Waals surface area contributed by atoms with E-state index in [9.17, 15) is 4.79 Å². The second-order valence-electron chi connectivity index (χ2n) is 4.63. The summed E-state index contributed by atoms with van der Waals surface area (Å²) < 4.78 is 0. The Morgan fingerprint density at radius 2 is 1.10 bits per heavy atom. The van der Waals surface area contributed by atoms with Crippen LogP contribution >= 0.6 is 7.92 Å². The third-order valence-electron chi connectivity index (χ3n) is 3.28. The summed E-state index contributed by atoms with van der Waals surface area (Å²) in [5.41, 5.74) is 0.649. The van der Waals surface area contributed by atoms with Crippen LogP contribution in [0, 0.1) is 0 Å². The molecule has 21 heavy (non-hydrogen) atoms. The van der Waals surface area contributed by atoms with Gasteiger partial charge in [-0.1, -0.05) is 84.9 Å². The summed E-state index contributed by atoms with van der Waals surface area (Å²) in [5, 5.41) is 3.53. The van der Waals surface area contributed by atoms with E-state index < -0.39 is 7.92 Å². The van der Waals surface area contributed by atoms with Crippen molar-refractivity contribution < 1.29 is 4.79 Å². The van der Waals surface area contributed by atoms with Crippen LogP contribution in [0.4, 0.5) is 0 Å². The Labute approximate surface area is 126 Å². The van der Waals surface area contributed by atoms with E-state index in [-0.39, 0.29) is 0 Å². The molecule has 0 spiro atoms. The zero-order valence-corrected chi connectivity index (χ0v) is 12.3. The lowest BCUT2D eigenvalue weighted by molar-refractivity contribution is 0.563. The Bertz CT molecular complexity index is 683. The van der Waals surface area contributed by atoms with E-state index in [0.29, 0.717) is 5.56 Å². The molecule has 0 atom stereocenters. The Morgan fingerprint density at radius 1 is 0.619 bits per heavy atom. The van der Waals surface area contributed by atoms with Crippen LogP contribution in [0.1, 0.15) is 5.56 Å². The fourth-order valence-electron chi connectivity index (χ4n) is 2.34. The number of hydrogen-bond acceptors (Lipinski definition) is 1. The second kappa shape index (κ2) is 6.47. The van der Waals surface area contributed by atoms with Gasteiger partial charge in [0.1, 0.15) is 0 Å². The zero-order valence-electron chi connectivity index (χ0n) is 11.4. The van der Waals surface area contributed by atoms with Crippen molar-refractivity contribution in [3.8, 4) is 0 Å². The van der Waals surface area contributed by atoms with Gasteiger partial charge in [0.2, 0.25) is 6.29 Å². The second-order valence-corrected chi connectivity index (χ2v) is 6.81. The standard InChI is InChI=1S/C19H14OP/c20-15-16-9-7-8-14-19(16)21(17-10-3-1-4-11-17)18-12-5-2-6-13-18/h1-14H. The summed E-state index contributed by atoms with van der Waals surface area (Å²) in [6.07, 6.45) is 2.08. The molecule has 0 saturated heterocycles. The first-order valence-electron chi connectivity index (χ1n) is 6.77. The quantitative estimate of drug-likeness (QED) is 0.675. The van der Waals surface area contributed by atoms with Crippen molar-refractivity contribution in [2.24, 2.45) is 0 Å². The average molecular weight is 289 g/mol. The maximum atomic E-state index is 11.3. The molecule has 0 amide bonds. The summed E-state index contributed by atoms with van der Waals surface area (Å²) in [6.45, 7) is 0. The number of rotatable bonds is 4. The molecule has 0 bridgehead atoms. The van der Waals surface area contributed by atoms with Gasteiger partial charge in [-0.25, -0.2) is 0 Å². The van der Waals surface area contributed by atoms with Crippen molar-refractivity contribution in [3.63, 3.8) is 0 Å². The lowest BCUT2D eigenvalue weighted by Gasteiger charge is -2.20. The Kier molecular flexibility index (Phi) is 4.23. The third-order valence-corrected chi connectivity index (χ3v) is 5.78. The van der Waals surface area contributed by atoms with Crippen molar-refractivity contribution in [3.05, 3.63) is 90.5 Å². The minimum absolute atomic E-state index is 0.649. The molecule has 0 aliphatic rings. The number of hydrogen-bond donors (Lipinski definition) is 0. The first-order chi connectivity index (χ1) is 10.4.